The molecule has 1 aliphatic rings. The zero-order valence-electron chi connectivity index (χ0n) is 25.8. The van der Waals surface area contributed by atoms with Crippen LogP contribution in [-0.2, 0) is 11.3 Å². The van der Waals surface area contributed by atoms with Gasteiger partial charge in [0, 0.05) is 55.2 Å². The highest BCUT2D eigenvalue weighted by Gasteiger charge is 2.17. The number of rotatable bonds is 16. The van der Waals surface area contributed by atoms with Crippen LogP contribution in [0.3, 0.4) is 0 Å². The van der Waals surface area contributed by atoms with Crippen LogP contribution in [0.15, 0.2) is 48.7 Å². The number of aliphatic hydroxyl groups is 1. The molecule has 4 N–H and O–H groups in total. The summed E-state index contributed by atoms with van der Waals surface area (Å²) in [4.78, 5) is 20.6. The van der Waals surface area contributed by atoms with Crippen molar-refractivity contribution in [2.75, 3.05) is 67.4 Å². The summed E-state index contributed by atoms with van der Waals surface area (Å²) in [6.07, 6.45) is 8.83. The molecule has 4 aromatic rings. The number of ether oxygens (including phenoxy) is 2. The van der Waals surface area contributed by atoms with Crippen molar-refractivity contribution in [2.24, 2.45) is 0 Å². The van der Waals surface area contributed by atoms with Crippen molar-refractivity contribution in [3.63, 3.8) is 0 Å². The van der Waals surface area contributed by atoms with Gasteiger partial charge in [-0.15, -0.1) is 0 Å². The molecule has 11 nitrogen and oxygen atoms in total. The SMILES string of the molecule is COc1cc(CO)cc(Nc2nc(NCCCCCCCCNc3ccnc4cc(C)ccc34)nc(N3CCOCC3)n2)c1. The number of anilines is 5. The second-order valence-corrected chi connectivity index (χ2v) is 11.1. The fourth-order valence-corrected chi connectivity index (χ4v) is 5.27. The number of unbranched alkanes of at least 4 members (excludes halogenated alkanes) is 5. The first-order chi connectivity index (χ1) is 21.6. The molecule has 0 saturated carbocycles. The molecule has 0 spiro atoms. The Morgan fingerprint density at radius 3 is 2.39 bits per heavy atom. The van der Waals surface area contributed by atoms with Gasteiger partial charge in [-0.25, -0.2) is 0 Å². The maximum atomic E-state index is 9.64. The summed E-state index contributed by atoms with van der Waals surface area (Å²) in [6, 6.07) is 14.0. The first kappa shape index (κ1) is 31.2. The Kier molecular flexibility index (Phi) is 11.4. The average molecular weight is 601 g/mol. The number of fused-ring (bicyclic) bond motifs is 1. The molecule has 5 rings (SSSR count). The maximum absolute atomic E-state index is 9.64. The number of benzene rings is 2. The molecule has 2 aromatic carbocycles. The molecule has 0 bridgehead atoms. The highest BCUT2D eigenvalue weighted by atomic mass is 16.5. The zero-order valence-corrected chi connectivity index (χ0v) is 25.8. The van der Waals surface area contributed by atoms with Crippen LogP contribution in [0.2, 0.25) is 0 Å². The molecule has 234 valence electrons. The van der Waals surface area contributed by atoms with E-state index < -0.39 is 0 Å². The van der Waals surface area contributed by atoms with E-state index >= 15 is 0 Å². The fourth-order valence-electron chi connectivity index (χ4n) is 5.27. The largest absolute Gasteiger partial charge is 0.497 e. The number of aliphatic hydroxyl groups excluding tert-OH is 1. The number of nitrogens with one attached hydrogen (secondary N) is 3. The van der Waals surface area contributed by atoms with Gasteiger partial charge in [0.05, 0.1) is 32.4 Å². The van der Waals surface area contributed by atoms with Crippen molar-refractivity contribution in [3.8, 4) is 5.75 Å². The van der Waals surface area contributed by atoms with Gasteiger partial charge in [0.1, 0.15) is 5.75 Å². The van der Waals surface area contributed by atoms with Crippen LogP contribution >= 0.6 is 0 Å². The van der Waals surface area contributed by atoms with Crippen molar-refractivity contribution < 1.29 is 14.6 Å². The summed E-state index contributed by atoms with van der Waals surface area (Å²) in [5.74, 6) is 2.24. The summed E-state index contributed by atoms with van der Waals surface area (Å²) in [7, 11) is 1.60. The van der Waals surface area contributed by atoms with Crippen molar-refractivity contribution in [3.05, 3.63) is 59.8 Å². The number of hydrogen-bond donors (Lipinski definition) is 4. The van der Waals surface area contributed by atoms with E-state index in [1.807, 2.05) is 18.3 Å². The van der Waals surface area contributed by atoms with Gasteiger partial charge in [-0.2, -0.15) is 15.0 Å². The zero-order chi connectivity index (χ0) is 30.6. The number of morpholine rings is 1. The standard InChI is InChI=1S/C33H44N8O3/c1-24-9-10-28-29(11-14-35-30(28)19-24)34-12-7-5-3-4-6-8-13-36-31-38-32(40-33(39-31)41-15-17-44-18-16-41)37-26-20-25(23-42)21-27(22-26)43-2/h9-11,14,19-22,42H,3-8,12-13,15-18,23H2,1-2H3,(H,34,35)(H2,36,37,38,39,40). The predicted octanol–water partition coefficient (Wildman–Crippen LogP) is 5.67. The van der Waals surface area contributed by atoms with Crippen LogP contribution in [0, 0.1) is 6.92 Å². The quantitative estimate of drug-likeness (QED) is 0.119. The van der Waals surface area contributed by atoms with Gasteiger partial charge < -0.3 is 35.4 Å². The Balaban J connectivity index is 1.06. The normalized spacial score (nSPS) is 13.2. The van der Waals surface area contributed by atoms with E-state index in [-0.39, 0.29) is 6.61 Å². The number of aryl methyl sites for hydroxylation is 1. The number of hydrogen-bond acceptors (Lipinski definition) is 11. The number of methoxy groups -OCH3 is 1. The van der Waals surface area contributed by atoms with Crippen LogP contribution < -0.4 is 25.6 Å². The van der Waals surface area contributed by atoms with Gasteiger partial charge >= 0.3 is 0 Å². The number of aromatic nitrogens is 4. The van der Waals surface area contributed by atoms with Crippen molar-refractivity contribution >= 4 is 40.1 Å². The molecular formula is C33H44N8O3. The maximum Gasteiger partial charge on any atom is 0.233 e. The predicted molar refractivity (Wildman–Crippen MR) is 176 cm³/mol. The first-order valence-corrected chi connectivity index (χ1v) is 15.6. The minimum absolute atomic E-state index is 0.0887. The third kappa shape index (κ3) is 8.90. The molecule has 1 aliphatic heterocycles. The van der Waals surface area contributed by atoms with Crippen molar-refractivity contribution in [1.29, 1.82) is 0 Å². The van der Waals surface area contributed by atoms with Crippen molar-refractivity contribution in [1.82, 2.24) is 19.9 Å². The Labute approximate surface area is 259 Å². The lowest BCUT2D eigenvalue weighted by Gasteiger charge is -2.27. The summed E-state index contributed by atoms with van der Waals surface area (Å²) in [5, 5.41) is 21.1. The van der Waals surface area contributed by atoms with Gasteiger partial charge in [0.25, 0.3) is 0 Å². The van der Waals surface area contributed by atoms with Crippen LogP contribution in [0.25, 0.3) is 10.9 Å². The molecule has 0 atom stereocenters. The van der Waals surface area contributed by atoms with E-state index in [9.17, 15) is 5.11 Å². The highest BCUT2D eigenvalue weighted by molar-refractivity contribution is 5.91. The Bertz CT molecular complexity index is 1470. The van der Waals surface area contributed by atoms with Gasteiger partial charge in [0.15, 0.2) is 0 Å². The molecule has 1 fully saturated rings. The van der Waals surface area contributed by atoms with E-state index in [1.54, 1.807) is 13.2 Å². The smallest absolute Gasteiger partial charge is 0.233 e. The molecule has 0 aliphatic carbocycles. The lowest BCUT2D eigenvalue weighted by atomic mass is 10.1. The van der Waals surface area contributed by atoms with Gasteiger partial charge in [-0.3, -0.25) is 4.98 Å². The third-order valence-corrected chi connectivity index (χ3v) is 7.66. The molecule has 3 heterocycles. The Morgan fingerprint density at radius 2 is 1.61 bits per heavy atom. The van der Waals surface area contributed by atoms with E-state index in [2.05, 4.69) is 67.0 Å². The van der Waals surface area contributed by atoms with Gasteiger partial charge in [-0.1, -0.05) is 37.8 Å². The van der Waals surface area contributed by atoms with Crippen molar-refractivity contribution in [2.45, 2.75) is 52.1 Å². The van der Waals surface area contributed by atoms with Gasteiger partial charge in [-0.05, 0) is 55.2 Å². The monoisotopic (exact) mass is 600 g/mol. The third-order valence-electron chi connectivity index (χ3n) is 7.66. The summed E-state index contributed by atoms with van der Waals surface area (Å²) in [6.45, 7) is 6.50. The summed E-state index contributed by atoms with van der Waals surface area (Å²) >= 11 is 0. The average Bonchev–Trinajstić information content (AvgIpc) is 3.05. The van der Waals surface area contributed by atoms with Crippen LogP contribution in [-0.4, -0.2) is 71.5 Å². The summed E-state index contributed by atoms with van der Waals surface area (Å²) < 4.78 is 10.9. The highest BCUT2D eigenvalue weighted by Crippen LogP contribution is 2.25. The van der Waals surface area contributed by atoms with E-state index in [1.165, 1.54) is 30.2 Å². The first-order valence-electron chi connectivity index (χ1n) is 15.6. The Morgan fingerprint density at radius 1 is 0.864 bits per heavy atom. The molecule has 0 amide bonds. The minimum atomic E-state index is -0.0887. The van der Waals surface area contributed by atoms with E-state index in [0.717, 1.165) is 67.9 Å². The lowest BCUT2D eigenvalue weighted by Crippen LogP contribution is -2.37. The Hall–Kier alpha value is -4.22. The number of nitrogens with zero attached hydrogens (tertiary/aromatic N) is 5. The topological polar surface area (TPSA) is 130 Å². The van der Waals surface area contributed by atoms with Crippen LogP contribution in [0.1, 0.15) is 49.7 Å². The molecule has 1 saturated heterocycles. The minimum Gasteiger partial charge on any atom is -0.497 e. The molecule has 11 heteroatoms. The second-order valence-electron chi connectivity index (χ2n) is 11.1. The van der Waals surface area contributed by atoms with Crippen LogP contribution in [0.4, 0.5) is 29.2 Å². The fraction of sp³-hybridized carbons (Fsp3) is 0.455. The van der Waals surface area contributed by atoms with E-state index in [4.69, 9.17) is 14.5 Å². The molecule has 2 aromatic heterocycles. The summed E-state index contributed by atoms with van der Waals surface area (Å²) in [5.41, 5.74) is 4.90. The lowest BCUT2D eigenvalue weighted by molar-refractivity contribution is 0.122. The molecule has 0 unspecified atom stereocenters. The molecular weight excluding hydrogens is 556 g/mol. The van der Waals surface area contributed by atoms with Gasteiger partial charge in [0.2, 0.25) is 17.8 Å². The molecule has 0 radical (unpaired) electrons. The van der Waals surface area contributed by atoms with E-state index in [0.29, 0.717) is 36.8 Å². The van der Waals surface area contributed by atoms with Crippen LogP contribution in [0.5, 0.6) is 5.75 Å². The number of pyridine rings is 1. The molecule has 44 heavy (non-hydrogen) atoms. The second kappa shape index (κ2) is 16.0.